The van der Waals surface area contributed by atoms with Crippen molar-refractivity contribution in [3.63, 3.8) is 0 Å². The number of aromatic nitrogens is 1. The van der Waals surface area contributed by atoms with E-state index in [-0.39, 0.29) is 5.56 Å². The number of amides is 3. The minimum atomic E-state index is -1.14. The summed E-state index contributed by atoms with van der Waals surface area (Å²) in [5, 5.41) is 1.81. The Morgan fingerprint density at radius 2 is 2.11 bits per heavy atom. The number of ether oxygens (including phenoxy) is 1. The van der Waals surface area contributed by atoms with Crippen LogP contribution in [0.2, 0.25) is 0 Å². The van der Waals surface area contributed by atoms with Gasteiger partial charge in [-0.15, -0.1) is 0 Å². The number of imide groups is 1. The fourth-order valence-electron chi connectivity index (χ4n) is 1.03. The summed E-state index contributed by atoms with van der Waals surface area (Å²) in [4.78, 5) is 37.1. The molecule has 1 heterocycles. The third kappa shape index (κ3) is 4.13. The van der Waals surface area contributed by atoms with Crippen molar-refractivity contribution in [2.24, 2.45) is 5.73 Å². The van der Waals surface area contributed by atoms with Crippen LogP contribution in [0.25, 0.3) is 0 Å². The van der Waals surface area contributed by atoms with E-state index in [9.17, 15) is 14.4 Å². The molecule has 0 aromatic carbocycles. The summed E-state index contributed by atoms with van der Waals surface area (Å²) in [6.07, 6.45) is 1.66. The molecule has 1 rings (SSSR count). The summed E-state index contributed by atoms with van der Waals surface area (Å²) in [6, 6.07) is 0.487. The van der Waals surface area contributed by atoms with Crippen molar-refractivity contribution >= 4 is 33.8 Å². The lowest BCUT2D eigenvalue weighted by atomic mass is 10.3. The van der Waals surface area contributed by atoms with Crippen LogP contribution in [0.5, 0.6) is 0 Å². The van der Waals surface area contributed by atoms with E-state index in [4.69, 9.17) is 10.5 Å². The number of nitrogens with two attached hydrogens (primary N) is 1. The summed E-state index contributed by atoms with van der Waals surface area (Å²) in [5.41, 5.74) is 4.95. The number of esters is 1. The molecule has 0 radical (unpaired) electrons. The summed E-state index contributed by atoms with van der Waals surface area (Å²) in [5.74, 6) is -1.52. The normalized spacial score (nSPS) is 11.4. The molecule has 0 bridgehead atoms. The lowest BCUT2D eigenvalue weighted by Gasteiger charge is -2.11. The van der Waals surface area contributed by atoms with Crippen LogP contribution < -0.4 is 11.1 Å². The van der Waals surface area contributed by atoms with E-state index in [1.54, 1.807) is 0 Å². The first kappa shape index (κ1) is 14.1. The van der Waals surface area contributed by atoms with Gasteiger partial charge in [0.15, 0.2) is 6.10 Å². The Morgan fingerprint density at radius 1 is 1.44 bits per heavy atom. The number of hydrogen-bond acceptors (Lipinski definition) is 5. The number of primary amides is 1. The molecule has 0 unspecified atom stereocenters. The fourth-order valence-corrected chi connectivity index (χ4v) is 1.39. The molecular weight excluding hydrogens is 306 g/mol. The van der Waals surface area contributed by atoms with Crippen LogP contribution in [0.1, 0.15) is 17.3 Å². The van der Waals surface area contributed by atoms with Gasteiger partial charge >= 0.3 is 12.0 Å². The molecule has 0 aliphatic heterocycles. The number of halogens is 1. The third-order valence-electron chi connectivity index (χ3n) is 1.84. The van der Waals surface area contributed by atoms with E-state index in [1.807, 2.05) is 5.32 Å². The topological polar surface area (TPSA) is 111 Å². The second-order valence-corrected chi connectivity index (χ2v) is 4.21. The smallest absolute Gasteiger partial charge is 0.340 e. The molecule has 0 aliphatic carbocycles. The molecule has 1 aromatic heterocycles. The molecular formula is C10H10BrN3O4. The predicted molar refractivity (Wildman–Crippen MR) is 64.5 cm³/mol. The molecule has 1 atom stereocenters. The number of nitrogens with zero attached hydrogens (tertiary/aromatic N) is 1. The van der Waals surface area contributed by atoms with E-state index in [2.05, 4.69) is 20.9 Å². The van der Waals surface area contributed by atoms with Crippen molar-refractivity contribution in [2.45, 2.75) is 13.0 Å². The summed E-state index contributed by atoms with van der Waals surface area (Å²) in [6.45, 7) is 1.32. The molecule has 1 aromatic rings. The van der Waals surface area contributed by atoms with Gasteiger partial charge in [0.1, 0.15) is 0 Å². The Morgan fingerprint density at radius 3 is 2.67 bits per heavy atom. The molecule has 0 saturated heterocycles. The molecule has 3 amide bonds. The molecule has 0 saturated carbocycles. The average Bonchev–Trinajstić information content (AvgIpc) is 2.27. The van der Waals surface area contributed by atoms with Gasteiger partial charge in [-0.3, -0.25) is 15.1 Å². The van der Waals surface area contributed by atoms with Gasteiger partial charge in [0.25, 0.3) is 5.91 Å². The van der Waals surface area contributed by atoms with E-state index < -0.39 is 24.0 Å². The summed E-state index contributed by atoms with van der Waals surface area (Å²) >= 11 is 3.15. The van der Waals surface area contributed by atoms with Gasteiger partial charge in [-0.25, -0.2) is 9.59 Å². The number of nitrogens with one attached hydrogen (secondary N) is 1. The quantitative estimate of drug-likeness (QED) is 0.793. The van der Waals surface area contributed by atoms with Crippen molar-refractivity contribution in [2.75, 3.05) is 0 Å². The van der Waals surface area contributed by atoms with E-state index in [0.29, 0.717) is 4.47 Å². The maximum absolute atomic E-state index is 11.6. The Labute approximate surface area is 111 Å². The van der Waals surface area contributed by atoms with Gasteiger partial charge in [0, 0.05) is 16.9 Å². The largest absolute Gasteiger partial charge is 0.449 e. The Bertz CT molecular complexity index is 492. The maximum Gasteiger partial charge on any atom is 0.340 e. The molecule has 0 aliphatic rings. The number of pyridine rings is 1. The molecule has 8 heteroatoms. The van der Waals surface area contributed by atoms with Crippen molar-refractivity contribution in [1.82, 2.24) is 10.3 Å². The molecule has 0 fully saturated rings. The summed E-state index contributed by atoms with van der Waals surface area (Å²) in [7, 11) is 0. The van der Waals surface area contributed by atoms with Crippen LogP contribution >= 0.6 is 15.9 Å². The zero-order valence-electron chi connectivity index (χ0n) is 9.34. The molecule has 3 N–H and O–H groups in total. The molecule has 7 nitrogen and oxygen atoms in total. The van der Waals surface area contributed by atoms with Crippen LogP contribution in [0, 0.1) is 0 Å². The van der Waals surface area contributed by atoms with Crippen molar-refractivity contribution in [1.29, 1.82) is 0 Å². The summed E-state index contributed by atoms with van der Waals surface area (Å²) < 4.78 is 5.44. The van der Waals surface area contributed by atoms with E-state index >= 15 is 0 Å². The first-order valence-corrected chi connectivity index (χ1v) is 5.61. The lowest BCUT2D eigenvalue weighted by Crippen LogP contribution is -2.42. The highest BCUT2D eigenvalue weighted by Gasteiger charge is 2.20. The minimum Gasteiger partial charge on any atom is -0.449 e. The Balaban J connectivity index is 2.65. The highest BCUT2D eigenvalue weighted by Crippen LogP contribution is 2.11. The van der Waals surface area contributed by atoms with Gasteiger partial charge < -0.3 is 10.5 Å². The highest BCUT2D eigenvalue weighted by molar-refractivity contribution is 9.10. The van der Waals surface area contributed by atoms with Gasteiger partial charge in [0.05, 0.1) is 5.56 Å². The fraction of sp³-hybridized carbons (Fsp3) is 0.200. The third-order valence-corrected chi connectivity index (χ3v) is 2.27. The van der Waals surface area contributed by atoms with E-state index in [1.165, 1.54) is 25.4 Å². The maximum atomic E-state index is 11.6. The zero-order valence-corrected chi connectivity index (χ0v) is 10.9. The van der Waals surface area contributed by atoms with Crippen LogP contribution in [-0.2, 0) is 9.53 Å². The predicted octanol–water partition coefficient (Wildman–Crippen LogP) is 0.584. The Kier molecular flexibility index (Phi) is 4.78. The lowest BCUT2D eigenvalue weighted by molar-refractivity contribution is -0.127. The second-order valence-electron chi connectivity index (χ2n) is 3.29. The molecule has 96 valence electrons. The van der Waals surface area contributed by atoms with Crippen LogP contribution in [0.3, 0.4) is 0 Å². The average molecular weight is 316 g/mol. The SMILES string of the molecule is C[C@H](OC(=O)c1cncc(Br)c1)C(=O)NC(N)=O. The highest BCUT2D eigenvalue weighted by atomic mass is 79.9. The number of urea groups is 1. The van der Waals surface area contributed by atoms with Crippen molar-refractivity contribution in [3.05, 3.63) is 28.5 Å². The van der Waals surface area contributed by atoms with Crippen LogP contribution in [0.15, 0.2) is 22.9 Å². The monoisotopic (exact) mass is 315 g/mol. The number of carbonyl (C=O) groups is 3. The molecule has 0 spiro atoms. The second kappa shape index (κ2) is 6.10. The van der Waals surface area contributed by atoms with Gasteiger partial charge in [-0.05, 0) is 28.9 Å². The molecule has 18 heavy (non-hydrogen) atoms. The van der Waals surface area contributed by atoms with Gasteiger partial charge in [-0.1, -0.05) is 0 Å². The number of hydrogen-bond donors (Lipinski definition) is 2. The Hall–Kier alpha value is -1.96. The van der Waals surface area contributed by atoms with Crippen molar-refractivity contribution < 1.29 is 19.1 Å². The van der Waals surface area contributed by atoms with Gasteiger partial charge in [0.2, 0.25) is 0 Å². The first-order valence-electron chi connectivity index (χ1n) is 4.82. The number of carbonyl (C=O) groups excluding carboxylic acids is 3. The van der Waals surface area contributed by atoms with Gasteiger partial charge in [-0.2, -0.15) is 0 Å². The van der Waals surface area contributed by atoms with E-state index in [0.717, 1.165) is 0 Å². The first-order chi connectivity index (χ1) is 8.40. The minimum absolute atomic E-state index is 0.183. The van der Waals surface area contributed by atoms with Crippen molar-refractivity contribution in [3.8, 4) is 0 Å². The number of rotatable bonds is 3. The zero-order chi connectivity index (χ0) is 13.7. The van der Waals surface area contributed by atoms with Crippen LogP contribution in [-0.4, -0.2) is 29.0 Å². The standard InChI is InChI=1S/C10H10BrN3O4/c1-5(8(15)14-10(12)17)18-9(16)6-2-7(11)4-13-3-6/h2-5H,1H3,(H3,12,14,15,17)/t5-/m0/s1. The van der Waals surface area contributed by atoms with Crippen LogP contribution in [0.4, 0.5) is 4.79 Å².